The molecule has 1 heterocycles. The molecule has 15 heteroatoms. The standard InChI is InChI=1S/C25H29ClN6O6S2/c1-5-6-15-32(38-4)23(33)19-11-7-9-13-21(19)39(34,35)30-25(29-24-27-17(2)16-18(3)28-24)31-40(36,37)22-14-10-8-12-20(22)26/h7-14,16H,5-6,15H2,1-4H3,(H2,27,28,29,30,31). The van der Waals surface area contributed by atoms with E-state index < -0.39 is 36.8 Å². The minimum absolute atomic E-state index is 0.109. The van der Waals surface area contributed by atoms with Crippen molar-refractivity contribution in [1.29, 1.82) is 0 Å². The highest BCUT2D eigenvalue weighted by Crippen LogP contribution is 2.23. The predicted octanol–water partition coefficient (Wildman–Crippen LogP) is 3.69. The maximum Gasteiger partial charge on any atom is 0.287 e. The van der Waals surface area contributed by atoms with Crippen LogP contribution in [0.1, 0.15) is 41.5 Å². The van der Waals surface area contributed by atoms with Gasteiger partial charge in [-0.05, 0) is 50.6 Å². The largest absolute Gasteiger partial charge is 0.293 e. The van der Waals surface area contributed by atoms with Crippen LogP contribution in [0.2, 0.25) is 5.02 Å². The number of rotatable bonds is 10. The van der Waals surface area contributed by atoms with Gasteiger partial charge < -0.3 is 0 Å². The molecule has 0 atom stereocenters. The Labute approximate surface area is 238 Å². The predicted molar refractivity (Wildman–Crippen MR) is 151 cm³/mol. The fourth-order valence-electron chi connectivity index (χ4n) is 3.55. The van der Waals surface area contributed by atoms with Crippen LogP contribution in [0, 0.1) is 13.8 Å². The average Bonchev–Trinajstić information content (AvgIpc) is 2.88. The van der Waals surface area contributed by atoms with Crippen molar-refractivity contribution in [3.63, 3.8) is 0 Å². The second-order valence-corrected chi connectivity index (χ2v) is 12.1. The molecule has 40 heavy (non-hydrogen) atoms. The Hall–Kier alpha value is -3.59. The maximum absolute atomic E-state index is 13.6. The van der Waals surface area contributed by atoms with E-state index in [0.29, 0.717) is 17.8 Å². The SMILES string of the molecule is CCCCN(OC)C(=O)c1ccccc1S(=O)(=O)NC(=NS(=O)(=O)c1ccccc1Cl)Nc1nc(C)cc(C)n1. The van der Waals surface area contributed by atoms with Gasteiger partial charge in [0, 0.05) is 17.9 Å². The van der Waals surface area contributed by atoms with Crippen molar-refractivity contribution in [1.82, 2.24) is 19.8 Å². The van der Waals surface area contributed by atoms with Crippen molar-refractivity contribution < 1.29 is 26.5 Å². The molecule has 2 aromatic carbocycles. The first kappa shape index (κ1) is 30.9. The molecule has 0 aliphatic rings. The second-order valence-electron chi connectivity index (χ2n) is 8.49. The lowest BCUT2D eigenvalue weighted by molar-refractivity contribution is -0.0957. The Morgan fingerprint density at radius 3 is 2.20 bits per heavy atom. The molecule has 0 saturated heterocycles. The van der Waals surface area contributed by atoms with Crippen LogP contribution in [0.15, 0.2) is 68.8 Å². The zero-order chi connectivity index (χ0) is 29.5. The third-order valence-corrected chi connectivity index (χ3v) is 8.51. The van der Waals surface area contributed by atoms with Crippen LogP contribution in [0.25, 0.3) is 0 Å². The number of sulfonamides is 2. The number of hydroxylamine groups is 2. The monoisotopic (exact) mass is 608 g/mol. The van der Waals surface area contributed by atoms with Crippen LogP contribution in [0.4, 0.5) is 5.95 Å². The van der Waals surface area contributed by atoms with E-state index in [1.807, 2.05) is 6.92 Å². The van der Waals surface area contributed by atoms with Crippen molar-refractivity contribution in [2.45, 2.75) is 43.4 Å². The number of benzene rings is 2. The summed E-state index contributed by atoms with van der Waals surface area (Å²) in [5, 5.41) is 3.48. The highest BCUT2D eigenvalue weighted by atomic mass is 35.5. The summed E-state index contributed by atoms with van der Waals surface area (Å²) in [6.45, 7) is 5.54. The number of amides is 1. The molecular weight excluding hydrogens is 580 g/mol. The van der Waals surface area contributed by atoms with Crippen molar-refractivity contribution in [2.75, 3.05) is 19.0 Å². The van der Waals surface area contributed by atoms with Gasteiger partial charge in [-0.15, -0.1) is 4.40 Å². The number of guanidine groups is 1. The topological polar surface area (TPSA) is 160 Å². The van der Waals surface area contributed by atoms with Crippen molar-refractivity contribution in [3.05, 3.63) is 76.6 Å². The molecule has 2 N–H and O–H groups in total. The fourth-order valence-corrected chi connectivity index (χ4v) is 6.19. The number of nitrogens with zero attached hydrogens (tertiary/aromatic N) is 4. The van der Waals surface area contributed by atoms with Crippen LogP contribution in [-0.2, 0) is 24.9 Å². The Morgan fingerprint density at radius 2 is 1.60 bits per heavy atom. The van der Waals surface area contributed by atoms with Gasteiger partial charge in [-0.1, -0.05) is 49.2 Å². The lowest BCUT2D eigenvalue weighted by atomic mass is 10.2. The normalized spacial score (nSPS) is 12.2. The zero-order valence-corrected chi connectivity index (χ0v) is 24.6. The number of aromatic nitrogens is 2. The van der Waals surface area contributed by atoms with Crippen LogP contribution < -0.4 is 10.0 Å². The van der Waals surface area contributed by atoms with Gasteiger partial charge in [-0.3, -0.25) is 14.9 Å². The van der Waals surface area contributed by atoms with E-state index in [9.17, 15) is 21.6 Å². The quantitative estimate of drug-likeness (QED) is 0.199. The molecular formula is C25H29ClN6O6S2. The summed E-state index contributed by atoms with van der Waals surface area (Å²) in [7, 11) is -7.82. The van der Waals surface area contributed by atoms with E-state index in [-0.39, 0.29) is 28.0 Å². The van der Waals surface area contributed by atoms with E-state index in [4.69, 9.17) is 16.4 Å². The van der Waals surface area contributed by atoms with E-state index in [2.05, 4.69) is 24.4 Å². The Balaban J connectivity index is 2.10. The smallest absolute Gasteiger partial charge is 0.287 e. The first-order chi connectivity index (χ1) is 18.9. The van der Waals surface area contributed by atoms with Crippen LogP contribution in [-0.4, -0.2) is 57.4 Å². The van der Waals surface area contributed by atoms with E-state index >= 15 is 0 Å². The number of carbonyl (C=O) groups is 1. The number of unbranched alkanes of at least 4 members (excludes halogenated alkanes) is 1. The van der Waals surface area contributed by atoms with Crippen molar-refractivity contribution in [2.24, 2.45) is 4.40 Å². The molecule has 1 amide bonds. The third kappa shape index (κ3) is 7.75. The molecule has 3 aromatic rings. The number of hydrogen-bond donors (Lipinski definition) is 2. The minimum Gasteiger partial charge on any atom is -0.293 e. The number of carbonyl (C=O) groups excluding carboxylic acids is 1. The maximum atomic E-state index is 13.6. The van der Waals surface area contributed by atoms with Crippen LogP contribution >= 0.6 is 11.6 Å². The first-order valence-corrected chi connectivity index (χ1v) is 15.3. The number of aryl methyl sites for hydroxylation is 2. The van der Waals surface area contributed by atoms with Gasteiger partial charge in [-0.2, -0.15) is 8.42 Å². The van der Waals surface area contributed by atoms with Gasteiger partial charge in [0.1, 0.15) is 9.79 Å². The number of nitrogens with one attached hydrogen (secondary N) is 2. The highest BCUT2D eigenvalue weighted by molar-refractivity contribution is 7.91. The molecule has 3 rings (SSSR count). The van der Waals surface area contributed by atoms with Crippen LogP contribution in [0.5, 0.6) is 0 Å². The third-order valence-electron chi connectivity index (χ3n) is 5.34. The number of anilines is 1. The summed E-state index contributed by atoms with van der Waals surface area (Å²) in [6.07, 6.45) is 1.41. The summed E-state index contributed by atoms with van der Waals surface area (Å²) in [5.41, 5.74) is 0.881. The van der Waals surface area contributed by atoms with Gasteiger partial charge in [0.2, 0.25) is 11.9 Å². The van der Waals surface area contributed by atoms with Gasteiger partial charge >= 0.3 is 0 Å². The van der Waals surface area contributed by atoms with Gasteiger partial charge in [-0.25, -0.2) is 28.2 Å². The zero-order valence-electron chi connectivity index (χ0n) is 22.3. The number of hydrogen-bond acceptors (Lipinski definition) is 8. The lowest BCUT2D eigenvalue weighted by Crippen LogP contribution is -2.39. The van der Waals surface area contributed by atoms with Crippen LogP contribution in [0.3, 0.4) is 0 Å². The van der Waals surface area contributed by atoms with Gasteiger partial charge in [0.25, 0.3) is 26.0 Å². The highest BCUT2D eigenvalue weighted by Gasteiger charge is 2.28. The summed E-state index contributed by atoms with van der Waals surface area (Å²) in [5.74, 6) is -1.53. The number of halogens is 1. The van der Waals surface area contributed by atoms with Crippen molar-refractivity contribution >= 4 is 49.5 Å². The van der Waals surface area contributed by atoms with E-state index in [1.54, 1.807) is 19.9 Å². The minimum atomic E-state index is -4.60. The van der Waals surface area contributed by atoms with Crippen molar-refractivity contribution in [3.8, 4) is 0 Å². The summed E-state index contributed by atoms with van der Waals surface area (Å²) in [6, 6.07) is 12.7. The molecule has 214 valence electrons. The first-order valence-electron chi connectivity index (χ1n) is 12.0. The fraction of sp³-hybridized carbons (Fsp3) is 0.280. The molecule has 0 radical (unpaired) electrons. The molecule has 0 aliphatic carbocycles. The average molecular weight is 609 g/mol. The molecule has 0 bridgehead atoms. The lowest BCUT2D eigenvalue weighted by Gasteiger charge is -2.21. The molecule has 0 aliphatic heterocycles. The van der Waals surface area contributed by atoms with Gasteiger partial charge in [0.05, 0.1) is 17.7 Å². The molecule has 1 aromatic heterocycles. The molecule has 0 fully saturated rings. The summed E-state index contributed by atoms with van der Waals surface area (Å²) < 4.78 is 59.3. The van der Waals surface area contributed by atoms with Gasteiger partial charge in [0.15, 0.2) is 0 Å². The molecule has 0 spiro atoms. The summed E-state index contributed by atoms with van der Waals surface area (Å²) >= 11 is 6.07. The van der Waals surface area contributed by atoms with E-state index in [1.165, 1.54) is 55.6 Å². The Bertz CT molecular complexity index is 1610. The Morgan fingerprint density at radius 1 is 1.00 bits per heavy atom. The summed E-state index contributed by atoms with van der Waals surface area (Å²) in [4.78, 5) is 25.9. The van der Waals surface area contributed by atoms with E-state index in [0.717, 1.165) is 11.5 Å². The molecule has 0 unspecified atom stereocenters. The molecule has 0 saturated carbocycles. The Kier molecular flexibility index (Phi) is 10.2. The molecule has 12 nitrogen and oxygen atoms in total. The second kappa shape index (κ2) is 13.2.